The number of benzene rings is 1. The number of rotatable bonds is 2. The van der Waals surface area contributed by atoms with Crippen LogP contribution in [0.15, 0.2) is 40.0 Å². The zero-order chi connectivity index (χ0) is 9.80. The Morgan fingerprint density at radius 3 is 2.71 bits per heavy atom. The van der Waals surface area contributed by atoms with Crippen molar-refractivity contribution >= 4 is 22.6 Å². The van der Waals surface area contributed by atoms with Crippen LogP contribution in [0.3, 0.4) is 0 Å². The van der Waals surface area contributed by atoms with E-state index in [1.54, 1.807) is 0 Å². The van der Waals surface area contributed by atoms with E-state index in [1.165, 1.54) is 22.1 Å². The summed E-state index contributed by atoms with van der Waals surface area (Å²) in [6.07, 6.45) is 3.54. The van der Waals surface area contributed by atoms with E-state index in [-0.39, 0.29) is 0 Å². The highest BCUT2D eigenvalue weighted by Crippen LogP contribution is 2.18. The number of hydrogen-bond donors (Lipinski definition) is 0. The summed E-state index contributed by atoms with van der Waals surface area (Å²) in [6, 6.07) is 10.7. The highest BCUT2D eigenvalue weighted by atomic mass is 127. The first-order chi connectivity index (χ1) is 6.84. The van der Waals surface area contributed by atoms with E-state index in [4.69, 9.17) is 0 Å². The second-order valence-electron chi connectivity index (χ2n) is 3.62. The molecule has 2 rings (SSSR count). The first kappa shape index (κ1) is 10.2. The molecule has 1 aliphatic heterocycles. The van der Waals surface area contributed by atoms with Crippen molar-refractivity contribution in [1.82, 2.24) is 4.90 Å². The molecule has 0 fully saturated rings. The maximum absolute atomic E-state index is 2.48. The minimum atomic E-state index is 1.08. The summed E-state index contributed by atoms with van der Waals surface area (Å²) in [7, 11) is 0. The van der Waals surface area contributed by atoms with E-state index in [0.29, 0.717) is 0 Å². The van der Waals surface area contributed by atoms with Gasteiger partial charge in [-0.05, 0) is 38.2 Å². The van der Waals surface area contributed by atoms with E-state index in [0.717, 1.165) is 13.1 Å². The first-order valence-electron chi connectivity index (χ1n) is 4.95. The van der Waals surface area contributed by atoms with Gasteiger partial charge in [0.05, 0.1) is 0 Å². The Hall–Kier alpha value is -0.350. The highest BCUT2D eigenvalue weighted by molar-refractivity contribution is 14.1. The van der Waals surface area contributed by atoms with Crippen molar-refractivity contribution in [1.29, 1.82) is 0 Å². The van der Waals surface area contributed by atoms with Crippen molar-refractivity contribution < 1.29 is 0 Å². The molecule has 14 heavy (non-hydrogen) atoms. The van der Waals surface area contributed by atoms with Crippen LogP contribution in [-0.4, -0.2) is 18.0 Å². The molecule has 0 saturated carbocycles. The van der Waals surface area contributed by atoms with Gasteiger partial charge in [0.15, 0.2) is 0 Å². The monoisotopic (exact) mass is 301 g/mol. The molecular weight excluding hydrogens is 287 g/mol. The van der Waals surface area contributed by atoms with Crippen LogP contribution in [0.4, 0.5) is 0 Å². The van der Waals surface area contributed by atoms with Crippen molar-refractivity contribution in [2.45, 2.75) is 13.0 Å². The zero-order valence-electron chi connectivity index (χ0n) is 8.12. The Labute approximate surface area is 98.9 Å². The van der Waals surface area contributed by atoms with Crippen LogP contribution in [0.1, 0.15) is 12.0 Å². The fourth-order valence-corrected chi connectivity index (χ4v) is 2.11. The van der Waals surface area contributed by atoms with Gasteiger partial charge in [-0.2, -0.15) is 0 Å². The quantitative estimate of drug-likeness (QED) is 0.758. The molecule has 0 bridgehead atoms. The average molecular weight is 301 g/mol. The molecule has 0 amide bonds. The average Bonchev–Trinajstić information content (AvgIpc) is 2.23. The van der Waals surface area contributed by atoms with Crippen molar-refractivity contribution in [3.8, 4) is 0 Å². The topological polar surface area (TPSA) is 3.24 Å². The molecule has 0 radical (unpaired) electrons. The first-order valence-corrected chi connectivity index (χ1v) is 6.03. The van der Waals surface area contributed by atoms with E-state index < -0.39 is 0 Å². The Kier molecular flexibility index (Phi) is 3.59. The van der Waals surface area contributed by atoms with Gasteiger partial charge in [0.1, 0.15) is 0 Å². The van der Waals surface area contributed by atoms with Gasteiger partial charge in [0.25, 0.3) is 0 Å². The predicted molar refractivity (Wildman–Crippen MR) is 68.4 cm³/mol. The van der Waals surface area contributed by atoms with Crippen molar-refractivity contribution in [3.63, 3.8) is 0 Å². The molecule has 1 nitrogen and oxygen atoms in total. The largest absolute Gasteiger partial charge is 0.295 e. The van der Waals surface area contributed by atoms with Crippen molar-refractivity contribution in [2.24, 2.45) is 0 Å². The molecule has 2 heteroatoms. The lowest BCUT2D eigenvalue weighted by Crippen LogP contribution is -2.27. The summed E-state index contributed by atoms with van der Waals surface area (Å²) in [4.78, 5) is 2.48. The third-order valence-corrected chi connectivity index (χ3v) is 3.47. The lowest BCUT2D eigenvalue weighted by atomic mass is 10.2. The molecule has 0 atom stereocenters. The summed E-state index contributed by atoms with van der Waals surface area (Å²) in [5.41, 5.74) is 1.41. The minimum absolute atomic E-state index is 1.08. The van der Waals surface area contributed by atoms with Crippen LogP contribution < -0.4 is 0 Å². The van der Waals surface area contributed by atoms with E-state index in [2.05, 4.69) is 63.9 Å². The van der Waals surface area contributed by atoms with E-state index in [1.807, 2.05) is 0 Å². The third-order valence-electron chi connectivity index (χ3n) is 2.49. The molecule has 0 spiro atoms. The van der Waals surface area contributed by atoms with Crippen LogP contribution in [0, 0.1) is 0 Å². The van der Waals surface area contributed by atoms with Crippen LogP contribution >= 0.6 is 22.6 Å². The van der Waals surface area contributed by atoms with E-state index >= 15 is 0 Å². The molecular formula is C12H14IN. The smallest absolute Gasteiger partial charge is 0.0237 e. The van der Waals surface area contributed by atoms with E-state index in [9.17, 15) is 0 Å². The maximum Gasteiger partial charge on any atom is 0.0237 e. The molecule has 0 aromatic heterocycles. The summed E-state index contributed by atoms with van der Waals surface area (Å²) in [5.74, 6) is 0. The van der Waals surface area contributed by atoms with Gasteiger partial charge < -0.3 is 0 Å². The molecule has 1 heterocycles. The molecule has 0 unspecified atom stereocenters. The summed E-state index contributed by atoms with van der Waals surface area (Å²) < 4.78 is 1.51. The normalized spacial score (nSPS) is 17.9. The Balaban J connectivity index is 1.93. The number of hydrogen-bond acceptors (Lipinski definition) is 1. The summed E-state index contributed by atoms with van der Waals surface area (Å²) in [5, 5.41) is 0. The molecule has 0 saturated heterocycles. The standard InChI is InChI=1S/C12H14IN/c13-12-6-8-14(9-7-12)10-11-4-2-1-3-5-11/h1-6H,7-10H2/i8+2. The minimum Gasteiger partial charge on any atom is -0.295 e. The predicted octanol–water partition coefficient (Wildman–Crippen LogP) is 3.21. The molecule has 74 valence electrons. The SMILES string of the molecule is IC1=C[14CH2]N(Cc2ccccc2)CC1. The van der Waals surface area contributed by atoms with Gasteiger partial charge in [-0.15, -0.1) is 0 Å². The molecule has 0 aliphatic carbocycles. The lowest BCUT2D eigenvalue weighted by molar-refractivity contribution is 0.290. The lowest BCUT2D eigenvalue weighted by Gasteiger charge is -2.24. The molecule has 1 aliphatic rings. The maximum atomic E-state index is 2.48. The molecule has 0 N–H and O–H groups in total. The molecule has 1 aromatic carbocycles. The summed E-state index contributed by atoms with van der Waals surface area (Å²) >= 11 is 2.43. The Morgan fingerprint density at radius 2 is 2.07 bits per heavy atom. The van der Waals surface area contributed by atoms with Gasteiger partial charge >= 0.3 is 0 Å². The Bertz CT molecular complexity index is 318. The third kappa shape index (κ3) is 2.82. The van der Waals surface area contributed by atoms with Crippen LogP contribution in [-0.2, 0) is 6.54 Å². The van der Waals surface area contributed by atoms with Crippen LogP contribution in [0.5, 0.6) is 0 Å². The van der Waals surface area contributed by atoms with Crippen molar-refractivity contribution in [2.75, 3.05) is 13.1 Å². The fourth-order valence-electron chi connectivity index (χ4n) is 1.67. The second-order valence-corrected chi connectivity index (χ2v) is 5.01. The van der Waals surface area contributed by atoms with Crippen molar-refractivity contribution in [3.05, 3.63) is 45.6 Å². The molecule has 1 aromatic rings. The van der Waals surface area contributed by atoms with Crippen LogP contribution in [0.25, 0.3) is 0 Å². The zero-order valence-corrected chi connectivity index (χ0v) is 10.3. The number of halogens is 1. The van der Waals surface area contributed by atoms with Gasteiger partial charge in [-0.3, -0.25) is 4.90 Å². The van der Waals surface area contributed by atoms with Gasteiger partial charge in [0, 0.05) is 19.6 Å². The Morgan fingerprint density at radius 1 is 1.29 bits per heavy atom. The van der Waals surface area contributed by atoms with Gasteiger partial charge in [0.2, 0.25) is 0 Å². The second kappa shape index (κ2) is 4.94. The highest BCUT2D eigenvalue weighted by Gasteiger charge is 2.09. The van der Waals surface area contributed by atoms with Gasteiger partial charge in [-0.1, -0.05) is 36.4 Å². The number of nitrogens with zero attached hydrogens (tertiary/aromatic N) is 1. The van der Waals surface area contributed by atoms with Crippen LogP contribution in [0.2, 0.25) is 0 Å². The fraction of sp³-hybridized carbons (Fsp3) is 0.333. The van der Waals surface area contributed by atoms with Gasteiger partial charge in [-0.25, -0.2) is 0 Å². The summed E-state index contributed by atoms with van der Waals surface area (Å²) in [6.45, 7) is 3.39.